The molecular formula is C35H42N6O5S. The smallest absolute Gasteiger partial charge is 0.258 e. The third-order valence-corrected chi connectivity index (χ3v) is 8.58. The number of carbonyl (C=O) groups excluding carboxylic acids is 3. The first kappa shape index (κ1) is 33.8. The van der Waals surface area contributed by atoms with Crippen LogP contribution in [0.4, 0.5) is 11.4 Å². The number of likely N-dealkylation sites (N-methyl/N-ethyl adjacent to an activating group) is 1. The van der Waals surface area contributed by atoms with Crippen LogP contribution in [0.1, 0.15) is 52.0 Å². The van der Waals surface area contributed by atoms with Gasteiger partial charge in [-0.15, -0.1) is 12.6 Å². The van der Waals surface area contributed by atoms with Gasteiger partial charge in [0.1, 0.15) is 17.0 Å². The maximum absolute atomic E-state index is 13.7. The molecule has 47 heavy (non-hydrogen) atoms. The summed E-state index contributed by atoms with van der Waals surface area (Å²) >= 11 is 4.25. The number of anilines is 2. The number of benzene rings is 3. The first-order valence-corrected chi connectivity index (χ1v) is 16.2. The maximum Gasteiger partial charge on any atom is 0.258 e. The zero-order valence-electron chi connectivity index (χ0n) is 27.3. The Bertz CT molecular complexity index is 1750. The summed E-state index contributed by atoms with van der Waals surface area (Å²) in [6.45, 7) is 5.91. The van der Waals surface area contributed by atoms with Crippen molar-refractivity contribution in [3.63, 3.8) is 0 Å². The highest BCUT2D eigenvalue weighted by Gasteiger charge is 2.21. The summed E-state index contributed by atoms with van der Waals surface area (Å²) in [5.74, 6) is 0.550. The van der Waals surface area contributed by atoms with Gasteiger partial charge in [0.25, 0.3) is 11.8 Å². The van der Waals surface area contributed by atoms with Gasteiger partial charge in [0.2, 0.25) is 5.91 Å². The molecule has 1 aromatic heterocycles. The van der Waals surface area contributed by atoms with Gasteiger partial charge in [-0.2, -0.15) is 0 Å². The largest absolute Gasteiger partial charge is 0.495 e. The molecule has 3 aromatic carbocycles. The highest BCUT2D eigenvalue weighted by atomic mass is 32.1. The predicted molar refractivity (Wildman–Crippen MR) is 186 cm³/mol. The van der Waals surface area contributed by atoms with Gasteiger partial charge in [0.05, 0.1) is 36.2 Å². The van der Waals surface area contributed by atoms with Crippen molar-refractivity contribution in [2.45, 2.75) is 37.8 Å². The topological polar surface area (TPSA) is 120 Å². The zero-order valence-corrected chi connectivity index (χ0v) is 28.2. The minimum atomic E-state index is -0.368. The molecule has 2 heterocycles. The number of imidazole rings is 1. The second-order valence-corrected chi connectivity index (χ2v) is 12.2. The number of aryl methyl sites for hydroxylation is 1. The van der Waals surface area contributed by atoms with Crippen molar-refractivity contribution in [1.29, 1.82) is 0 Å². The fraction of sp³-hybridized carbons (Fsp3) is 0.371. The summed E-state index contributed by atoms with van der Waals surface area (Å²) in [6.07, 6.45) is 3.06. The number of fused-ring (bicyclic) bond motifs is 1. The molecule has 0 radical (unpaired) electrons. The summed E-state index contributed by atoms with van der Waals surface area (Å²) in [5.41, 5.74) is 4.04. The number of hydrogen-bond acceptors (Lipinski definition) is 8. The Balaban J connectivity index is 1.19. The van der Waals surface area contributed by atoms with Gasteiger partial charge < -0.3 is 34.5 Å². The molecule has 0 spiro atoms. The first-order valence-electron chi connectivity index (χ1n) is 15.8. The molecule has 2 N–H and O–H groups in total. The van der Waals surface area contributed by atoms with Crippen LogP contribution in [0.2, 0.25) is 0 Å². The highest BCUT2D eigenvalue weighted by molar-refractivity contribution is 7.80. The fourth-order valence-corrected chi connectivity index (χ4v) is 5.81. The normalized spacial score (nSPS) is 13.4. The number of unbranched alkanes of at least 4 members (excludes halogenated alkanes) is 2. The number of thiol groups is 1. The molecule has 4 aromatic rings. The molecule has 0 unspecified atom stereocenters. The van der Waals surface area contributed by atoms with Gasteiger partial charge in [-0.1, -0.05) is 12.1 Å². The quantitative estimate of drug-likeness (QED) is 0.138. The zero-order chi connectivity index (χ0) is 33.5. The summed E-state index contributed by atoms with van der Waals surface area (Å²) in [7, 11) is 5.27. The Labute approximate surface area is 280 Å². The third kappa shape index (κ3) is 8.25. The van der Waals surface area contributed by atoms with Gasteiger partial charge in [0, 0.05) is 45.2 Å². The van der Waals surface area contributed by atoms with Crippen LogP contribution in [0, 0.1) is 6.92 Å². The standard InChI is InChI=1S/C35H42N6O5S/c1-23-12-15-28(30(21-23)46-20-7-5-6-11-31(42)41-18-16-39(2)17-19-41)40(3)34(44)24-13-14-26(29(22-24)45-4)36-33(43)25-9-8-10-27-32(25)38-35(47)37-27/h8-10,12-15,21-22H,5-7,11,16-20H2,1-4H3,(H,36,43)(H2,37,38,47). The van der Waals surface area contributed by atoms with E-state index in [0.29, 0.717) is 63.2 Å². The second-order valence-electron chi connectivity index (χ2n) is 11.8. The van der Waals surface area contributed by atoms with Crippen molar-refractivity contribution in [1.82, 2.24) is 19.8 Å². The molecule has 0 atom stereocenters. The Morgan fingerprint density at radius 3 is 2.55 bits per heavy atom. The van der Waals surface area contributed by atoms with Crippen molar-refractivity contribution < 1.29 is 23.9 Å². The van der Waals surface area contributed by atoms with E-state index in [1.807, 2.05) is 36.1 Å². The number of H-pyrrole nitrogens is 1. The van der Waals surface area contributed by atoms with Crippen LogP contribution in [-0.4, -0.2) is 91.5 Å². The summed E-state index contributed by atoms with van der Waals surface area (Å²) in [5, 5.41) is 3.29. The van der Waals surface area contributed by atoms with Crippen LogP contribution in [0.15, 0.2) is 59.8 Å². The second kappa shape index (κ2) is 15.4. The Morgan fingerprint density at radius 2 is 1.79 bits per heavy atom. The molecule has 248 valence electrons. The number of aromatic nitrogens is 2. The van der Waals surface area contributed by atoms with E-state index in [0.717, 1.165) is 51.0 Å². The molecular weight excluding hydrogens is 616 g/mol. The Morgan fingerprint density at radius 1 is 1.00 bits per heavy atom. The van der Waals surface area contributed by atoms with Crippen LogP contribution >= 0.6 is 12.6 Å². The number of para-hydroxylation sites is 1. The average Bonchev–Trinajstić information content (AvgIpc) is 3.46. The van der Waals surface area contributed by atoms with Gasteiger partial charge >= 0.3 is 0 Å². The maximum atomic E-state index is 13.7. The molecule has 12 heteroatoms. The average molecular weight is 659 g/mol. The van der Waals surface area contributed by atoms with Crippen molar-refractivity contribution in [2.24, 2.45) is 0 Å². The van der Waals surface area contributed by atoms with Gasteiger partial charge in [-0.25, -0.2) is 4.98 Å². The predicted octanol–water partition coefficient (Wildman–Crippen LogP) is 5.41. The molecule has 1 aliphatic heterocycles. The monoisotopic (exact) mass is 658 g/mol. The summed E-state index contributed by atoms with van der Waals surface area (Å²) in [6, 6.07) is 15.9. The van der Waals surface area contributed by atoms with Crippen LogP contribution < -0.4 is 19.7 Å². The van der Waals surface area contributed by atoms with E-state index in [4.69, 9.17) is 9.47 Å². The Hall–Kier alpha value is -4.55. The first-order chi connectivity index (χ1) is 22.6. The van der Waals surface area contributed by atoms with E-state index in [2.05, 4.69) is 39.9 Å². The number of piperazine rings is 1. The van der Waals surface area contributed by atoms with E-state index in [9.17, 15) is 14.4 Å². The lowest BCUT2D eigenvalue weighted by atomic mass is 10.1. The molecule has 5 rings (SSSR count). The number of methoxy groups -OCH3 is 1. The summed E-state index contributed by atoms with van der Waals surface area (Å²) < 4.78 is 11.7. The lowest BCUT2D eigenvalue weighted by Crippen LogP contribution is -2.47. The van der Waals surface area contributed by atoms with Crippen LogP contribution in [-0.2, 0) is 4.79 Å². The Kier molecular flexibility index (Phi) is 11.0. The molecule has 0 aliphatic carbocycles. The number of amides is 3. The van der Waals surface area contributed by atoms with Gasteiger partial charge in [0.15, 0.2) is 5.16 Å². The van der Waals surface area contributed by atoms with E-state index in [1.165, 1.54) is 7.11 Å². The van der Waals surface area contributed by atoms with E-state index < -0.39 is 0 Å². The number of hydrogen-bond donors (Lipinski definition) is 3. The number of ether oxygens (including phenoxy) is 2. The van der Waals surface area contributed by atoms with Gasteiger partial charge in [-0.3, -0.25) is 14.4 Å². The van der Waals surface area contributed by atoms with E-state index in [-0.39, 0.29) is 17.7 Å². The SMILES string of the molecule is COc1cc(C(=O)N(C)c2ccc(C)cc2OCCCCCC(=O)N2CCN(C)CC2)ccc1NC(=O)c1cccc2[nH]c(S)nc12. The van der Waals surface area contributed by atoms with E-state index >= 15 is 0 Å². The van der Waals surface area contributed by atoms with Crippen LogP contribution in [0.3, 0.4) is 0 Å². The molecule has 1 fully saturated rings. The van der Waals surface area contributed by atoms with Crippen LogP contribution in [0.5, 0.6) is 11.5 Å². The highest BCUT2D eigenvalue weighted by Crippen LogP contribution is 2.32. The third-order valence-electron chi connectivity index (χ3n) is 8.37. The molecule has 11 nitrogen and oxygen atoms in total. The molecule has 3 amide bonds. The molecule has 1 aliphatic rings. The number of aromatic amines is 1. The van der Waals surface area contributed by atoms with Crippen molar-refractivity contribution in [2.75, 3.05) is 64.2 Å². The van der Waals surface area contributed by atoms with Crippen molar-refractivity contribution in [3.05, 3.63) is 71.3 Å². The number of nitrogens with one attached hydrogen (secondary N) is 2. The lowest BCUT2D eigenvalue weighted by molar-refractivity contribution is -0.132. The van der Waals surface area contributed by atoms with Crippen molar-refractivity contribution >= 4 is 52.8 Å². The minimum absolute atomic E-state index is 0.228. The fourth-order valence-electron chi connectivity index (χ4n) is 5.59. The number of carbonyl (C=O) groups is 3. The minimum Gasteiger partial charge on any atom is -0.495 e. The molecule has 0 saturated carbocycles. The van der Waals surface area contributed by atoms with Gasteiger partial charge in [-0.05, 0) is 81.3 Å². The molecule has 1 saturated heterocycles. The molecule has 0 bridgehead atoms. The van der Waals surface area contributed by atoms with Crippen LogP contribution in [0.25, 0.3) is 11.0 Å². The van der Waals surface area contributed by atoms with Crippen molar-refractivity contribution in [3.8, 4) is 11.5 Å². The summed E-state index contributed by atoms with van der Waals surface area (Å²) in [4.78, 5) is 52.4. The number of rotatable bonds is 12. The number of nitrogens with zero attached hydrogens (tertiary/aromatic N) is 4. The lowest BCUT2D eigenvalue weighted by Gasteiger charge is -2.32. The van der Waals surface area contributed by atoms with E-state index in [1.54, 1.807) is 42.3 Å².